The Balaban J connectivity index is 1.69. The molecule has 0 atom stereocenters. The van der Waals surface area contributed by atoms with E-state index in [4.69, 9.17) is 0 Å². The first-order chi connectivity index (χ1) is 9.60. The summed E-state index contributed by atoms with van der Waals surface area (Å²) in [6.07, 6.45) is 6.20. The van der Waals surface area contributed by atoms with E-state index < -0.39 is 0 Å². The first kappa shape index (κ1) is 12.9. The zero-order valence-corrected chi connectivity index (χ0v) is 11.9. The van der Waals surface area contributed by atoms with Crippen molar-refractivity contribution in [1.29, 1.82) is 0 Å². The zero-order valence-electron chi connectivity index (χ0n) is 11.9. The molecule has 1 amide bonds. The van der Waals surface area contributed by atoms with Crippen molar-refractivity contribution >= 4 is 11.6 Å². The average molecular weight is 269 g/mol. The summed E-state index contributed by atoms with van der Waals surface area (Å²) < 4.78 is 1.91. The number of aromatic nitrogens is 2. The van der Waals surface area contributed by atoms with Crippen molar-refractivity contribution in [1.82, 2.24) is 9.78 Å². The molecule has 4 heteroatoms. The van der Waals surface area contributed by atoms with Crippen LogP contribution in [0.2, 0.25) is 0 Å². The van der Waals surface area contributed by atoms with Gasteiger partial charge in [0, 0.05) is 18.3 Å². The molecular weight excluding hydrogens is 250 g/mol. The van der Waals surface area contributed by atoms with E-state index in [1.807, 2.05) is 36.9 Å². The molecule has 4 nitrogen and oxygen atoms in total. The highest BCUT2D eigenvalue weighted by atomic mass is 16.1. The van der Waals surface area contributed by atoms with Gasteiger partial charge in [0.1, 0.15) is 0 Å². The summed E-state index contributed by atoms with van der Waals surface area (Å²) in [5.74, 6) is 0.695. The van der Waals surface area contributed by atoms with E-state index in [2.05, 4.69) is 16.5 Å². The number of anilines is 1. The number of aryl methyl sites for hydroxylation is 2. The van der Waals surface area contributed by atoms with Crippen molar-refractivity contribution in [3.8, 4) is 0 Å². The van der Waals surface area contributed by atoms with Gasteiger partial charge < -0.3 is 5.32 Å². The maximum absolute atomic E-state index is 12.2. The molecule has 1 saturated carbocycles. The lowest BCUT2D eigenvalue weighted by Gasteiger charge is -2.05. The van der Waals surface area contributed by atoms with Crippen LogP contribution in [0.4, 0.5) is 5.69 Å². The van der Waals surface area contributed by atoms with Gasteiger partial charge in [0.2, 0.25) is 0 Å². The minimum atomic E-state index is -0.0808. The number of nitrogens with zero attached hydrogens (tertiary/aromatic N) is 2. The molecule has 0 bridgehead atoms. The van der Waals surface area contributed by atoms with Crippen LogP contribution in [0.5, 0.6) is 0 Å². The highest BCUT2D eigenvalue weighted by Gasteiger charge is 2.22. The number of nitrogens with one attached hydrogen (secondary N) is 1. The maximum atomic E-state index is 12.2. The summed E-state index contributed by atoms with van der Waals surface area (Å²) in [4.78, 5) is 12.2. The summed E-state index contributed by atoms with van der Waals surface area (Å²) in [7, 11) is 0. The third-order valence-electron chi connectivity index (χ3n) is 3.52. The summed E-state index contributed by atoms with van der Waals surface area (Å²) in [6.45, 7) is 4.95. The van der Waals surface area contributed by atoms with Crippen molar-refractivity contribution in [2.24, 2.45) is 5.92 Å². The number of hydrogen-bond donors (Lipinski definition) is 1. The molecule has 3 rings (SSSR count). The molecule has 1 aromatic heterocycles. The normalized spacial score (nSPS) is 14.3. The fourth-order valence-electron chi connectivity index (χ4n) is 2.40. The lowest BCUT2D eigenvalue weighted by atomic mass is 10.1. The van der Waals surface area contributed by atoms with Gasteiger partial charge in [-0.15, -0.1) is 0 Å². The molecule has 1 heterocycles. The van der Waals surface area contributed by atoms with Gasteiger partial charge in [-0.25, -0.2) is 0 Å². The lowest BCUT2D eigenvalue weighted by Crippen LogP contribution is -2.12. The number of hydrogen-bond acceptors (Lipinski definition) is 2. The summed E-state index contributed by atoms with van der Waals surface area (Å²) in [5, 5.41) is 7.18. The SMILES string of the molecule is Cc1cc(C)cc(C(=O)Nc2cnn(CC3CC3)c2)c1. The first-order valence-corrected chi connectivity index (χ1v) is 7.02. The Morgan fingerprint density at radius 2 is 2.00 bits per heavy atom. The Kier molecular flexibility index (Phi) is 3.30. The van der Waals surface area contributed by atoms with Gasteiger partial charge in [0.15, 0.2) is 0 Å². The molecule has 1 aromatic carbocycles. The van der Waals surface area contributed by atoms with Gasteiger partial charge in [0.25, 0.3) is 5.91 Å². The van der Waals surface area contributed by atoms with Crippen molar-refractivity contribution < 1.29 is 4.79 Å². The minimum absolute atomic E-state index is 0.0808. The highest BCUT2D eigenvalue weighted by molar-refractivity contribution is 6.04. The molecule has 0 aliphatic heterocycles. The third-order valence-corrected chi connectivity index (χ3v) is 3.52. The van der Waals surface area contributed by atoms with E-state index in [1.54, 1.807) is 6.20 Å². The maximum Gasteiger partial charge on any atom is 0.255 e. The van der Waals surface area contributed by atoms with Crippen LogP contribution >= 0.6 is 0 Å². The molecule has 0 radical (unpaired) electrons. The number of amides is 1. The summed E-state index contributed by atoms with van der Waals surface area (Å²) >= 11 is 0. The Morgan fingerprint density at radius 3 is 2.65 bits per heavy atom. The third kappa shape index (κ3) is 3.07. The predicted molar refractivity (Wildman–Crippen MR) is 78.8 cm³/mol. The number of carbonyl (C=O) groups excluding carboxylic acids is 1. The second-order valence-electron chi connectivity index (χ2n) is 5.72. The van der Waals surface area contributed by atoms with Gasteiger partial charge in [0.05, 0.1) is 11.9 Å². The van der Waals surface area contributed by atoms with E-state index >= 15 is 0 Å². The molecule has 20 heavy (non-hydrogen) atoms. The van der Waals surface area contributed by atoms with Crippen molar-refractivity contribution in [2.75, 3.05) is 5.32 Å². The fourth-order valence-corrected chi connectivity index (χ4v) is 2.40. The molecule has 2 aromatic rings. The van der Waals surface area contributed by atoms with Crippen LogP contribution in [0.1, 0.15) is 34.3 Å². The van der Waals surface area contributed by atoms with Crippen LogP contribution in [-0.4, -0.2) is 15.7 Å². The monoisotopic (exact) mass is 269 g/mol. The van der Waals surface area contributed by atoms with E-state index in [9.17, 15) is 4.79 Å². The fraction of sp³-hybridized carbons (Fsp3) is 0.375. The highest BCUT2D eigenvalue weighted by Crippen LogP contribution is 2.30. The second-order valence-corrected chi connectivity index (χ2v) is 5.72. The van der Waals surface area contributed by atoms with Crippen LogP contribution in [0.15, 0.2) is 30.6 Å². The molecular formula is C16H19N3O. The van der Waals surface area contributed by atoms with E-state index in [-0.39, 0.29) is 5.91 Å². The summed E-state index contributed by atoms with van der Waals surface area (Å²) in [5.41, 5.74) is 3.64. The largest absolute Gasteiger partial charge is 0.319 e. The van der Waals surface area contributed by atoms with Gasteiger partial charge >= 0.3 is 0 Å². The van der Waals surface area contributed by atoms with E-state index in [0.29, 0.717) is 5.56 Å². The molecule has 1 aliphatic carbocycles. The van der Waals surface area contributed by atoms with Crippen molar-refractivity contribution in [2.45, 2.75) is 33.2 Å². The van der Waals surface area contributed by atoms with Crippen LogP contribution in [0.3, 0.4) is 0 Å². The van der Waals surface area contributed by atoms with Gasteiger partial charge in [-0.3, -0.25) is 9.48 Å². The topological polar surface area (TPSA) is 46.9 Å². The average Bonchev–Trinajstić information content (AvgIpc) is 3.08. The Hall–Kier alpha value is -2.10. The van der Waals surface area contributed by atoms with Crippen LogP contribution in [-0.2, 0) is 6.54 Å². The molecule has 0 unspecified atom stereocenters. The predicted octanol–water partition coefficient (Wildman–Crippen LogP) is 3.16. The smallest absolute Gasteiger partial charge is 0.255 e. The van der Waals surface area contributed by atoms with Crippen LogP contribution in [0.25, 0.3) is 0 Å². The van der Waals surface area contributed by atoms with Gasteiger partial charge in [-0.05, 0) is 44.7 Å². The molecule has 0 spiro atoms. The lowest BCUT2D eigenvalue weighted by molar-refractivity contribution is 0.102. The molecule has 1 aliphatic rings. The number of benzene rings is 1. The molecule has 0 saturated heterocycles. The first-order valence-electron chi connectivity index (χ1n) is 7.02. The molecule has 1 fully saturated rings. The van der Waals surface area contributed by atoms with Gasteiger partial charge in [-0.1, -0.05) is 17.2 Å². The number of rotatable bonds is 4. The second kappa shape index (κ2) is 5.12. The van der Waals surface area contributed by atoms with Crippen molar-refractivity contribution in [3.63, 3.8) is 0 Å². The Labute approximate surface area is 118 Å². The standard InChI is InChI=1S/C16H19N3O/c1-11-5-12(2)7-14(6-11)16(20)18-15-8-17-19(10-15)9-13-3-4-13/h5-8,10,13H,3-4,9H2,1-2H3,(H,18,20). The quantitative estimate of drug-likeness (QED) is 0.926. The van der Waals surface area contributed by atoms with Crippen LogP contribution in [0, 0.1) is 19.8 Å². The van der Waals surface area contributed by atoms with E-state index in [1.165, 1.54) is 12.8 Å². The van der Waals surface area contributed by atoms with Crippen LogP contribution < -0.4 is 5.32 Å². The zero-order chi connectivity index (χ0) is 14.1. The molecule has 104 valence electrons. The molecule has 1 N–H and O–H groups in total. The van der Waals surface area contributed by atoms with E-state index in [0.717, 1.165) is 29.3 Å². The summed E-state index contributed by atoms with van der Waals surface area (Å²) in [6, 6.07) is 5.86. The van der Waals surface area contributed by atoms with Crippen molar-refractivity contribution in [3.05, 3.63) is 47.3 Å². The number of carbonyl (C=O) groups is 1. The Bertz CT molecular complexity index is 621. The Morgan fingerprint density at radius 1 is 1.30 bits per heavy atom. The minimum Gasteiger partial charge on any atom is -0.319 e. The van der Waals surface area contributed by atoms with Gasteiger partial charge in [-0.2, -0.15) is 5.10 Å².